The van der Waals surface area contributed by atoms with Crippen LogP contribution in [0.2, 0.25) is 0 Å². The van der Waals surface area contributed by atoms with Crippen LogP contribution in [0.25, 0.3) is 0 Å². The van der Waals surface area contributed by atoms with Gasteiger partial charge in [-0.1, -0.05) is 24.3 Å². The Morgan fingerprint density at radius 3 is 2.83 bits per heavy atom. The number of piperazine rings is 1. The van der Waals surface area contributed by atoms with Gasteiger partial charge in [-0.05, 0) is 41.3 Å². The predicted octanol–water partition coefficient (Wildman–Crippen LogP) is 1.92. The fraction of sp³-hybridized carbons (Fsp3) is 0.294. The summed E-state index contributed by atoms with van der Waals surface area (Å²) < 4.78 is 35.5. The van der Waals surface area contributed by atoms with E-state index in [1.54, 1.807) is 12.1 Å². The first kappa shape index (κ1) is 15.4. The lowest BCUT2D eigenvalue weighted by Crippen LogP contribution is -2.46. The summed E-state index contributed by atoms with van der Waals surface area (Å²) in [5, 5.41) is 3.45. The summed E-state index contributed by atoms with van der Waals surface area (Å²) in [4.78, 5) is 2.36. The highest BCUT2D eigenvalue weighted by Crippen LogP contribution is 2.39. The van der Waals surface area contributed by atoms with Gasteiger partial charge in [0.15, 0.2) is 0 Å². The summed E-state index contributed by atoms with van der Waals surface area (Å²) in [7, 11) is -4.52. The highest BCUT2D eigenvalue weighted by Gasteiger charge is 2.30. The molecule has 2 aromatic carbocycles. The van der Waals surface area contributed by atoms with Crippen molar-refractivity contribution in [1.29, 1.82) is 0 Å². The van der Waals surface area contributed by atoms with Gasteiger partial charge in [-0.2, -0.15) is 8.42 Å². The Morgan fingerprint density at radius 1 is 1.17 bits per heavy atom. The van der Waals surface area contributed by atoms with Gasteiger partial charge < -0.3 is 14.4 Å². The Morgan fingerprint density at radius 2 is 2.00 bits per heavy atom. The van der Waals surface area contributed by atoms with Crippen LogP contribution in [0.5, 0.6) is 5.75 Å². The van der Waals surface area contributed by atoms with Gasteiger partial charge in [0.2, 0.25) is 0 Å². The van der Waals surface area contributed by atoms with Crippen LogP contribution in [0.4, 0.5) is 5.69 Å². The molecule has 126 valence electrons. The van der Waals surface area contributed by atoms with Gasteiger partial charge in [-0.3, -0.25) is 4.55 Å². The van der Waals surface area contributed by atoms with E-state index < -0.39 is 10.4 Å². The zero-order valence-corrected chi connectivity index (χ0v) is 13.8. The normalized spacial score (nSPS) is 19.7. The molecule has 2 aliphatic heterocycles. The average Bonchev–Trinajstić information content (AvgIpc) is 2.67. The molecule has 0 aliphatic carbocycles. The Kier molecular flexibility index (Phi) is 3.71. The third-order valence-electron chi connectivity index (χ3n) is 4.60. The molecule has 2 aromatic rings. The Labute approximate surface area is 141 Å². The van der Waals surface area contributed by atoms with E-state index in [9.17, 15) is 8.42 Å². The van der Waals surface area contributed by atoms with E-state index in [4.69, 9.17) is 4.55 Å². The fourth-order valence-electron chi connectivity index (χ4n) is 3.65. The molecule has 24 heavy (non-hydrogen) atoms. The molecule has 1 unspecified atom stereocenters. The van der Waals surface area contributed by atoms with Gasteiger partial charge in [0, 0.05) is 25.3 Å². The molecule has 1 atom stereocenters. The molecule has 4 rings (SSSR count). The highest BCUT2D eigenvalue weighted by atomic mass is 32.3. The summed E-state index contributed by atoms with van der Waals surface area (Å²) in [5.74, 6) is 0.127. The third-order valence-corrected chi connectivity index (χ3v) is 5.00. The van der Waals surface area contributed by atoms with Crippen molar-refractivity contribution in [2.45, 2.75) is 12.5 Å². The summed E-state index contributed by atoms with van der Waals surface area (Å²) in [6.45, 7) is 2.66. The maximum absolute atomic E-state index is 11.0. The average molecular weight is 346 g/mol. The fourth-order valence-corrected chi connectivity index (χ4v) is 4.00. The molecular formula is C17H18N2O4S. The lowest BCUT2D eigenvalue weighted by molar-refractivity contribution is 0.386. The maximum atomic E-state index is 11.0. The van der Waals surface area contributed by atoms with Crippen molar-refractivity contribution in [1.82, 2.24) is 5.32 Å². The van der Waals surface area contributed by atoms with E-state index in [0.29, 0.717) is 6.42 Å². The monoisotopic (exact) mass is 346 g/mol. The van der Waals surface area contributed by atoms with Crippen LogP contribution in [0.15, 0.2) is 42.5 Å². The molecule has 0 saturated carbocycles. The Hall–Kier alpha value is -2.09. The number of benzene rings is 2. The van der Waals surface area contributed by atoms with Crippen molar-refractivity contribution < 1.29 is 17.2 Å². The molecule has 1 saturated heterocycles. The minimum absolute atomic E-state index is 0.127. The first-order valence-electron chi connectivity index (χ1n) is 7.86. The van der Waals surface area contributed by atoms with Gasteiger partial charge in [0.25, 0.3) is 0 Å². The van der Waals surface area contributed by atoms with Gasteiger partial charge in [0.05, 0.1) is 6.04 Å². The van der Waals surface area contributed by atoms with Crippen molar-refractivity contribution >= 4 is 16.1 Å². The van der Waals surface area contributed by atoms with Gasteiger partial charge in [-0.25, -0.2) is 0 Å². The van der Waals surface area contributed by atoms with Crippen LogP contribution < -0.4 is 14.4 Å². The SMILES string of the molecule is O=S(=O)(O)Oc1ccc2c(c1)Cc1ccccc1C1CNCCN21. The smallest absolute Gasteiger partial charge is 0.362 e. The minimum Gasteiger partial charge on any atom is -0.362 e. The van der Waals surface area contributed by atoms with E-state index >= 15 is 0 Å². The molecular weight excluding hydrogens is 328 g/mol. The molecule has 7 heteroatoms. The van der Waals surface area contributed by atoms with Gasteiger partial charge >= 0.3 is 10.4 Å². The summed E-state index contributed by atoms with van der Waals surface area (Å²) >= 11 is 0. The van der Waals surface area contributed by atoms with Crippen molar-refractivity contribution in [2.24, 2.45) is 0 Å². The van der Waals surface area contributed by atoms with E-state index in [1.807, 2.05) is 12.1 Å². The Bertz CT molecular complexity index is 882. The molecule has 6 nitrogen and oxygen atoms in total. The molecule has 2 aliphatic rings. The number of fused-ring (bicyclic) bond motifs is 5. The Balaban J connectivity index is 1.83. The summed E-state index contributed by atoms with van der Waals surface area (Å²) in [6, 6.07) is 13.7. The van der Waals surface area contributed by atoms with Crippen molar-refractivity contribution in [3.8, 4) is 5.75 Å². The van der Waals surface area contributed by atoms with Crippen molar-refractivity contribution in [2.75, 3.05) is 24.5 Å². The molecule has 0 radical (unpaired) electrons. The second kappa shape index (κ2) is 5.77. The van der Waals surface area contributed by atoms with E-state index in [-0.39, 0.29) is 11.8 Å². The summed E-state index contributed by atoms with van der Waals surface area (Å²) in [5.41, 5.74) is 4.59. The predicted molar refractivity (Wildman–Crippen MR) is 90.8 cm³/mol. The van der Waals surface area contributed by atoms with Crippen LogP contribution >= 0.6 is 0 Å². The maximum Gasteiger partial charge on any atom is 0.446 e. The van der Waals surface area contributed by atoms with E-state index in [0.717, 1.165) is 30.9 Å². The lowest BCUT2D eigenvalue weighted by atomic mass is 9.96. The first-order chi connectivity index (χ1) is 11.5. The topological polar surface area (TPSA) is 78.9 Å². The zero-order chi connectivity index (χ0) is 16.7. The largest absolute Gasteiger partial charge is 0.446 e. The van der Waals surface area contributed by atoms with E-state index in [2.05, 4.69) is 32.6 Å². The van der Waals surface area contributed by atoms with Crippen molar-refractivity contribution in [3.63, 3.8) is 0 Å². The quantitative estimate of drug-likeness (QED) is 0.809. The molecule has 2 N–H and O–H groups in total. The number of hydrogen-bond acceptors (Lipinski definition) is 5. The number of hydrogen-bond donors (Lipinski definition) is 2. The van der Waals surface area contributed by atoms with Crippen molar-refractivity contribution in [3.05, 3.63) is 59.2 Å². The second-order valence-corrected chi connectivity index (χ2v) is 7.11. The van der Waals surface area contributed by atoms with Gasteiger partial charge in [-0.15, -0.1) is 0 Å². The number of rotatable bonds is 2. The van der Waals surface area contributed by atoms with Gasteiger partial charge in [0.1, 0.15) is 5.75 Å². The zero-order valence-electron chi connectivity index (χ0n) is 13.0. The molecule has 0 bridgehead atoms. The molecule has 0 aromatic heterocycles. The molecule has 1 fully saturated rings. The van der Waals surface area contributed by atoms with E-state index in [1.165, 1.54) is 11.1 Å². The van der Waals surface area contributed by atoms with Crippen LogP contribution in [0.3, 0.4) is 0 Å². The molecule has 0 amide bonds. The highest BCUT2D eigenvalue weighted by molar-refractivity contribution is 7.81. The van der Waals surface area contributed by atoms with Crippen LogP contribution in [-0.2, 0) is 16.8 Å². The lowest BCUT2D eigenvalue weighted by Gasteiger charge is -2.38. The molecule has 2 heterocycles. The van der Waals surface area contributed by atoms with Crippen LogP contribution in [-0.4, -0.2) is 32.6 Å². The van der Waals surface area contributed by atoms with Crippen LogP contribution in [0, 0.1) is 0 Å². The van der Waals surface area contributed by atoms with Crippen LogP contribution in [0.1, 0.15) is 22.7 Å². The molecule has 0 spiro atoms. The number of anilines is 1. The summed E-state index contributed by atoms with van der Waals surface area (Å²) in [6.07, 6.45) is 0.696. The standard InChI is InChI=1S/C17H18N2O4S/c20-24(21,22)23-14-5-6-16-13(10-14)9-12-3-1-2-4-15(12)17-11-18-7-8-19(16)17/h1-6,10,17-18H,7-9,11H2,(H,20,21,22). The minimum atomic E-state index is -4.52. The third kappa shape index (κ3) is 2.86. The second-order valence-electron chi connectivity index (χ2n) is 6.09. The number of nitrogens with one attached hydrogen (secondary N) is 1. The number of nitrogens with zero attached hydrogens (tertiary/aromatic N) is 1. The first-order valence-corrected chi connectivity index (χ1v) is 9.23.